The monoisotopic (exact) mass is 699 g/mol. The lowest BCUT2D eigenvalue weighted by atomic mass is 9.76. The molecular formula is C44H90O5. The van der Waals surface area contributed by atoms with E-state index < -0.39 is 0 Å². The Balaban J connectivity index is 0.000000590. The summed E-state index contributed by atoms with van der Waals surface area (Å²) in [5.41, 5.74) is 2.31. The molecule has 5 heteroatoms. The molecule has 4 fully saturated rings. The van der Waals surface area contributed by atoms with Crippen molar-refractivity contribution >= 4 is 0 Å². The summed E-state index contributed by atoms with van der Waals surface area (Å²) in [6.07, 6.45) is 8.75. The second-order valence-electron chi connectivity index (χ2n) is 21.7. The molecule has 0 amide bonds. The third-order valence-electron chi connectivity index (χ3n) is 10.5. The second kappa shape index (κ2) is 22.1. The van der Waals surface area contributed by atoms with E-state index in [-0.39, 0.29) is 5.60 Å². The second-order valence-corrected chi connectivity index (χ2v) is 21.7. The summed E-state index contributed by atoms with van der Waals surface area (Å²) in [5.74, 6) is 3.34. The first-order valence-corrected chi connectivity index (χ1v) is 20.1. The first-order chi connectivity index (χ1) is 22.1. The van der Waals surface area contributed by atoms with E-state index in [1.165, 1.54) is 38.5 Å². The number of hydrogen-bond acceptors (Lipinski definition) is 5. The predicted octanol–water partition coefficient (Wildman–Crippen LogP) is 12.3. The lowest BCUT2D eigenvalue weighted by Crippen LogP contribution is -2.37. The molecule has 0 bridgehead atoms. The van der Waals surface area contributed by atoms with Crippen LogP contribution in [0.25, 0.3) is 0 Å². The molecule has 4 aliphatic heterocycles. The zero-order valence-electron chi connectivity index (χ0n) is 36.7. The molecule has 0 saturated carbocycles. The fourth-order valence-electron chi connectivity index (χ4n) is 5.95. The molecule has 0 aromatic heterocycles. The van der Waals surface area contributed by atoms with Crippen molar-refractivity contribution in [1.29, 1.82) is 0 Å². The summed E-state index contributed by atoms with van der Waals surface area (Å²) in [4.78, 5) is 0. The van der Waals surface area contributed by atoms with Crippen molar-refractivity contribution in [3.05, 3.63) is 0 Å². The van der Waals surface area contributed by atoms with E-state index in [2.05, 4.69) is 125 Å². The van der Waals surface area contributed by atoms with Crippen molar-refractivity contribution in [3.8, 4) is 0 Å². The van der Waals surface area contributed by atoms with E-state index >= 15 is 0 Å². The van der Waals surface area contributed by atoms with Gasteiger partial charge in [0.2, 0.25) is 0 Å². The number of rotatable bonds is 2. The van der Waals surface area contributed by atoms with Gasteiger partial charge in [-0.05, 0) is 111 Å². The van der Waals surface area contributed by atoms with Crippen LogP contribution in [0.3, 0.4) is 0 Å². The minimum atomic E-state index is 0.0191. The summed E-state index contributed by atoms with van der Waals surface area (Å²) in [6.45, 7) is 49.3. The number of hydrogen-bond donors (Lipinski definition) is 0. The van der Waals surface area contributed by atoms with Gasteiger partial charge < -0.3 is 23.7 Å². The van der Waals surface area contributed by atoms with Crippen LogP contribution in [0.1, 0.15) is 170 Å². The molecule has 4 rings (SSSR count). The maximum Gasteiger partial charge on any atom is 0.0598 e. The van der Waals surface area contributed by atoms with E-state index in [1.54, 1.807) is 0 Å². The van der Waals surface area contributed by atoms with Gasteiger partial charge in [-0.1, -0.05) is 104 Å². The van der Waals surface area contributed by atoms with Crippen LogP contribution in [0.2, 0.25) is 0 Å². The molecule has 0 radical (unpaired) electrons. The SMILES string of the molecule is CC(C)(C)C1CCCOCC1.CC(C)(C)C1CCOC1.CC(C)(C)C1CCOCC1.CC(C)(C)C1COC1.CC(C)(C)CCOC(C)(C)C. The maximum atomic E-state index is 5.61. The maximum absolute atomic E-state index is 5.61. The Bertz CT molecular complexity index is 771. The van der Waals surface area contributed by atoms with Crippen LogP contribution >= 0.6 is 0 Å². The molecule has 49 heavy (non-hydrogen) atoms. The van der Waals surface area contributed by atoms with Crippen LogP contribution in [0.5, 0.6) is 0 Å². The predicted molar refractivity (Wildman–Crippen MR) is 213 cm³/mol. The Morgan fingerprint density at radius 3 is 1.04 bits per heavy atom. The van der Waals surface area contributed by atoms with Crippen LogP contribution in [-0.4, -0.2) is 65.1 Å². The van der Waals surface area contributed by atoms with E-state index in [0.29, 0.717) is 27.1 Å². The first kappa shape index (κ1) is 48.8. The lowest BCUT2D eigenvalue weighted by molar-refractivity contribution is -0.0821. The smallest absolute Gasteiger partial charge is 0.0598 e. The Labute approximate surface area is 308 Å². The topological polar surface area (TPSA) is 46.2 Å². The normalized spacial score (nSPS) is 23.1. The Morgan fingerprint density at radius 2 is 0.776 bits per heavy atom. The van der Waals surface area contributed by atoms with E-state index in [4.69, 9.17) is 23.7 Å². The molecule has 0 aromatic carbocycles. The minimum Gasteiger partial charge on any atom is -0.381 e. The average molecular weight is 699 g/mol. The molecule has 2 unspecified atom stereocenters. The van der Waals surface area contributed by atoms with Gasteiger partial charge in [0.15, 0.2) is 0 Å². The molecule has 0 aliphatic carbocycles. The van der Waals surface area contributed by atoms with Crippen LogP contribution in [0.4, 0.5) is 0 Å². The molecule has 0 spiro atoms. The molecule has 0 aromatic rings. The Hall–Kier alpha value is -0.200. The standard InChI is InChI=1S/C10H20O.C10H22O.C9H18O.C8H16O.C7H14O/c1-10(2,3)9-5-4-7-11-8-6-9;1-9(2,3)7-8-11-10(4,5)6;1-9(2,3)8-4-6-10-7-5-8;1-8(2,3)7-4-5-9-6-7;1-7(2,3)6-4-8-5-6/h9H,4-8H2,1-3H3;7-8H2,1-6H3;8H,4-7H2,1-3H3;7H,4-6H2,1-3H3;6H,4-5H2,1-3H3. The zero-order valence-corrected chi connectivity index (χ0v) is 36.7. The highest BCUT2D eigenvalue weighted by Gasteiger charge is 2.31. The first-order valence-electron chi connectivity index (χ1n) is 20.1. The van der Waals surface area contributed by atoms with E-state index in [1.807, 2.05) is 0 Å². The van der Waals surface area contributed by atoms with Gasteiger partial charge in [0.05, 0.1) is 18.8 Å². The Kier molecular flexibility index (Phi) is 22.0. The average Bonchev–Trinajstić information content (AvgIpc) is 3.29. The highest BCUT2D eigenvalue weighted by molar-refractivity contribution is 4.79. The van der Waals surface area contributed by atoms with Gasteiger partial charge in [-0.2, -0.15) is 0 Å². The summed E-state index contributed by atoms with van der Waals surface area (Å²) >= 11 is 0. The largest absolute Gasteiger partial charge is 0.381 e. The van der Waals surface area contributed by atoms with Crippen molar-refractivity contribution in [2.24, 2.45) is 50.7 Å². The van der Waals surface area contributed by atoms with Gasteiger partial charge in [-0.3, -0.25) is 0 Å². The summed E-state index contributed by atoms with van der Waals surface area (Å²) in [5, 5.41) is 0. The fourth-order valence-corrected chi connectivity index (χ4v) is 5.95. The van der Waals surface area contributed by atoms with Crippen LogP contribution in [0, 0.1) is 50.7 Å². The summed E-state index contributed by atoms with van der Waals surface area (Å²) in [6, 6.07) is 0. The van der Waals surface area contributed by atoms with Crippen LogP contribution in [0.15, 0.2) is 0 Å². The van der Waals surface area contributed by atoms with Crippen molar-refractivity contribution < 1.29 is 23.7 Å². The van der Waals surface area contributed by atoms with Crippen molar-refractivity contribution in [2.75, 3.05) is 59.5 Å². The molecular weight excluding hydrogens is 608 g/mol. The van der Waals surface area contributed by atoms with Gasteiger partial charge in [0.25, 0.3) is 0 Å². The van der Waals surface area contributed by atoms with Crippen molar-refractivity contribution in [2.45, 2.75) is 175 Å². The third-order valence-corrected chi connectivity index (χ3v) is 10.5. The lowest BCUT2D eigenvalue weighted by Gasteiger charge is -2.37. The molecule has 4 heterocycles. The van der Waals surface area contributed by atoms with E-state index in [9.17, 15) is 0 Å². The van der Waals surface area contributed by atoms with Gasteiger partial charge in [0, 0.05) is 52.2 Å². The van der Waals surface area contributed by atoms with Crippen molar-refractivity contribution in [1.82, 2.24) is 0 Å². The van der Waals surface area contributed by atoms with Gasteiger partial charge >= 0.3 is 0 Å². The molecule has 4 saturated heterocycles. The highest BCUT2D eigenvalue weighted by Crippen LogP contribution is 2.35. The van der Waals surface area contributed by atoms with Crippen LogP contribution in [-0.2, 0) is 23.7 Å². The summed E-state index contributed by atoms with van der Waals surface area (Å²) < 4.78 is 26.7. The molecule has 0 N–H and O–H groups in total. The summed E-state index contributed by atoms with van der Waals surface area (Å²) in [7, 11) is 0. The van der Waals surface area contributed by atoms with Crippen molar-refractivity contribution in [3.63, 3.8) is 0 Å². The molecule has 2 atom stereocenters. The highest BCUT2D eigenvalue weighted by atomic mass is 16.5. The van der Waals surface area contributed by atoms with Crippen LogP contribution < -0.4 is 0 Å². The van der Waals surface area contributed by atoms with Gasteiger partial charge in [-0.15, -0.1) is 0 Å². The van der Waals surface area contributed by atoms with Gasteiger partial charge in [0.1, 0.15) is 0 Å². The fraction of sp³-hybridized carbons (Fsp3) is 1.00. The third kappa shape index (κ3) is 26.3. The molecule has 296 valence electrons. The van der Waals surface area contributed by atoms with E-state index in [0.717, 1.165) is 89.6 Å². The number of ether oxygens (including phenoxy) is 5. The minimum absolute atomic E-state index is 0.0191. The molecule has 4 aliphatic rings. The quantitative estimate of drug-likeness (QED) is 0.287. The zero-order chi connectivity index (χ0) is 38.2. The molecule has 5 nitrogen and oxygen atoms in total. The van der Waals surface area contributed by atoms with Gasteiger partial charge in [-0.25, -0.2) is 0 Å². The Morgan fingerprint density at radius 1 is 0.408 bits per heavy atom.